The maximum Gasteiger partial charge on any atom is 0.329 e. The zero-order chi connectivity index (χ0) is 23.8. The van der Waals surface area contributed by atoms with Gasteiger partial charge in [0.15, 0.2) is 6.61 Å². The fourth-order valence-electron chi connectivity index (χ4n) is 2.85. The molecule has 0 aliphatic carbocycles. The molecule has 2 atom stereocenters. The number of carbonyl (C=O) groups excluding carboxylic acids is 3. The van der Waals surface area contributed by atoms with Crippen molar-refractivity contribution in [1.82, 2.24) is 10.6 Å². The van der Waals surface area contributed by atoms with E-state index in [4.69, 9.17) is 16.3 Å². The highest BCUT2D eigenvalue weighted by molar-refractivity contribution is 6.34. The summed E-state index contributed by atoms with van der Waals surface area (Å²) in [6, 6.07) is 11.4. The second-order valence-corrected chi connectivity index (χ2v) is 7.83. The van der Waals surface area contributed by atoms with Crippen molar-refractivity contribution >= 4 is 35.1 Å². The Hall–Kier alpha value is -3.46. The summed E-state index contributed by atoms with van der Waals surface area (Å²) in [6.07, 6.45) is 0. The first-order chi connectivity index (χ1) is 15.1. The molecule has 0 aromatic heterocycles. The number of nitro benzene ring substituents is 1. The van der Waals surface area contributed by atoms with E-state index in [0.29, 0.717) is 0 Å². The fraction of sp³-hybridized carbons (Fsp3) is 0.318. The van der Waals surface area contributed by atoms with E-state index >= 15 is 0 Å². The van der Waals surface area contributed by atoms with Crippen LogP contribution in [0.15, 0.2) is 48.5 Å². The maximum atomic E-state index is 12.6. The van der Waals surface area contributed by atoms with Crippen LogP contribution in [0.2, 0.25) is 5.02 Å². The average molecular weight is 462 g/mol. The van der Waals surface area contributed by atoms with E-state index in [1.165, 1.54) is 6.07 Å². The summed E-state index contributed by atoms with van der Waals surface area (Å²) in [6.45, 7) is 4.69. The van der Waals surface area contributed by atoms with Crippen LogP contribution in [0.4, 0.5) is 5.69 Å². The largest absolute Gasteiger partial charge is 0.454 e. The number of nitro groups is 1. The highest BCUT2D eigenvalue weighted by Gasteiger charge is 2.28. The van der Waals surface area contributed by atoms with E-state index in [1.54, 1.807) is 20.8 Å². The minimum atomic E-state index is -1.05. The van der Waals surface area contributed by atoms with Crippen LogP contribution in [0.3, 0.4) is 0 Å². The molecule has 0 aliphatic rings. The zero-order valence-electron chi connectivity index (χ0n) is 17.8. The number of nitrogens with one attached hydrogen (secondary N) is 2. The molecule has 2 aromatic carbocycles. The topological polar surface area (TPSA) is 128 Å². The quantitative estimate of drug-likeness (QED) is 0.334. The third-order valence-electron chi connectivity index (χ3n) is 4.64. The van der Waals surface area contributed by atoms with Gasteiger partial charge < -0.3 is 15.4 Å². The maximum absolute atomic E-state index is 12.6. The van der Waals surface area contributed by atoms with E-state index in [2.05, 4.69) is 10.6 Å². The van der Waals surface area contributed by atoms with Gasteiger partial charge in [0.05, 0.1) is 21.6 Å². The first-order valence-corrected chi connectivity index (χ1v) is 10.2. The van der Waals surface area contributed by atoms with Gasteiger partial charge in [0.25, 0.3) is 17.5 Å². The Morgan fingerprint density at radius 2 is 1.72 bits per heavy atom. The van der Waals surface area contributed by atoms with Crippen molar-refractivity contribution in [2.45, 2.75) is 32.9 Å². The summed E-state index contributed by atoms with van der Waals surface area (Å²) < 4.78 is 5.09. The lowest BCUT2D eigenvalue weighted by Crippen LogP contribution is -2.46. The summed E-state index contributed by atoms with van der Waals surface area (Å²) in [5.41, 5.74) is 0.617. The predicted octanol–water partition coefficient (Wildman–Crippen LogP) is 3.42. The Labute approximate surface area is 190 Å². The van der Waals surface area contributed by atoms with Gasteiger partial charge in [-0.15, -0.1) is 0 Å². The molecule has 0 fully saturated rings. The van der Waals surface area contributed by atoms with Crippen LogP contribution >= 0.6 is 11.6 Å². The van der Waals surface area contributed by atoms with E-state index in [0.717, 1.165) is 17.7 Å². The van der Waals surface area contributed by atoms with Crippen molar-refractivity contribution in [3.05, 3.63) is 74.8 Å². The Kier molecular flexibility index (Phi) is 8.71. The van der Waals surface area contributed by atoms with Crippen molar-refractivity contribution in [3.8, 4) is 0 Å². The van der Waals surface area contributed by atoms with Crippen LogP contribution in [-0.2, 0) is 14.3 Å². The van der Waals surface area contributed by atoms with Crippen LogP contribution in [0.25, 0.3) is 0 Å². The molecule has 0 spiro atoms. The van der Waals surface area contributed by atoms with Gasteiger partial charge in [-0.05, 0) is 24.5 Å². The Morgan fingerprint density at radius 3 is 2.28 bits per heavy atom. The summed E-state index contributed by atoms with van der Waals surface area (Å²) >= 11 is 5.98. The van der Waals surface area contributed by atoms with Gasteiger partial charge in [0, 0.05) is 12.1 Å². The van der Waals surface area contributed by atoms with E-state index < -0.39 is 35.4 Å². The molecule has 10 heteroatoms. The summed E-state index contributed by atoms with van der Waals surface area (Å²) in [5.74, 6) is -2.31. The summed E-state index contributed by atoms with van der Waals surface area (Å²) in [7, 11) is 0. The number of carbonyl (C=O) groups is 3. The minimum absolute atomic E-state index is 0.0230. The molecule has 2 aromatic rings. The third-order valence-corrected chi connectivity index (χ3v) is 4.95. The molecule has 2 amide bonds. The molecule has 2 rings (SSSR count). The van der Waals surface area contributed by atoms with Crippen molar-refractivity contribution in [2.24, 2.45) is 5.92 Å². The summed E-state index contributed by atoms with van der Waals surface area (Å²) in [5, 5.41) is 15.9. The van der Waals surface area contributed by atoms with E-state index in [9.17, 15) is 24.5 Å². The number of amides is 2. The molecule has 170 valence electrons. The lowest BCUT2D eigenvalue weighted by molar-refractivity contribution is -0.384. The third kappa shape index (κ3) is 6.78. The van der Waals surface area contributed by atoms with Gasteiger partial charge in [-0.2, -0.15) is 0 Å². The number of hydrogen-bond donors (Lipinski definition) is 2. The van der Waals surface area contributed by atoms with Crippen LogP contribution < -0.4 is 10.6 Å². The number of rotatable bonds is 9. The van der Waals surface area contributed by atoms with E-state index in [-0.39, 0.29) is 28.2 Å². The highest BCUT2D eigenvalue weighted by Crippen LogP contribution is 2.23. The van der Waals surface area contributed by atoms with Crippen LogP contribution in [0, 0.1) is 16.0 Å². The highest BCUT2D eigenvalue weighted by atomic mass is 35.5. The number of hydrogen-bond acceptors (Lipinski definition) is 6. The molecule has 0 bridgehead atoms. The number of benzene rings is 2. The van der Waals surface area contributed by atoms with Gasteiger partial charge in [-0.3, -0.25) is 19.7 Å². The molecule has 32 heavy (non-hydrogen) atoms. The second-order valence-electron chi connectivity index (χ2n) is 7.42. The van der Waals surface area contributed by atoms with Crippen molar-refractivity contribution in [1.29, 1.82) is 0 Å². The lowest BCUT2D eigenvalue weighted by Gasteiger charge is -2.21. The number of non-ortho nitro benzene ring substituents is 1. The molecule has 0 saturated carbocycles. The SMILES string of the molecule is CC(NC(=O)COC(=O)C(NC(=O)c1ccc([N+](=O)[O-])cc1Cl)C(C)C)c1ccccc1. The van der Waals surface area contributed by atoms with Gasteiger partial charge in [0.1, 0.15) is 6.04 Å². The van der Waals surface area contributed by atoms with Crippen LogP contribution in [0.5, 0.6) is 0 Å². The fourth-order valence-corrected chi connectivity index (χ4v) is 3.11. The Balaban J connectivity index is 1.96. The Bertz CT molecular complexity index is 996. The molecular weight excluding hydrogens is 438 g/mol. The lowest BCUT2D eigenvalue weighted by atomic mass is 10.0. The predicted molar refractivity (Wildman–Crippen MR) is 118 cm³/mol. The van der Waals surface area contributed by atoms with Gasteiger partial charge in [-0.25, -0.2) is 4.79 Å². The number of nitrogens with zero attached hydrogens (tertiary/aromatic N) is 1. The first-order valence-electron chi connectivity index (χ1n) is 9.86. The minimum Gasteiger partial charge on any atom is -0.454 e. The molecular formula is C22H24ClN3O6. The molecule has 0 saturated heterocycles. The molecule has 0 heterocycles. The zero-order valence-corrected chi connectivity index (χ0v) is 18.6. The van der Waals surface area contributed by atoms with E-state index in [1.807, 2.05) is 30.3 Å². The van der Waals surface area contributed by atoms with Crippen molar-refractivity contribution < 1.29 is 24.0 Å². The van der Waals surface area contributed by atoms with Crippen LogP contribution in [0.1, 0.15) is 42.7 Å². The van der Waals surface area contributed by atoms with Crippen molar-refractivity contribution in [3.63, 3.8) is 0 Å². The monoisotopic (exact) mass is 461 g/mol. The molecule has 0 aliphatic heterocycles. The molecule has 0 radical (unpaired) electrons. The normalized spacial score (nSPS) is 12.5. The first kappa shape index (κ1) is 24.8. The standard InChI is InChI=1S/C22H24ClN3O6/c1-13(2)20(25-21(28)17-10-9-16(26(30)31)11-18(17)23)22(29)32-12-19(27)24-14(3)15-7-5-4-6-8-15/h4-11,13-14,20H,12H2,1-3H3,(H,24,27)(H,25,28). The summed E-state index contributed by atoms with van der Waals surface area (Å²) in [4.78, 5) is 47.4. The molecule has 2 N–H and O–H groups in total. The Morgan fingerprint density at radius 1 is 1.06 bits per heavy atom. The number of halogens is 1. The van der Waals surface area contributed by atoms with Gasteiger partial charge in [0.2, 0.25) is 0 Å². The molecule has 2 unspecified atom stereocenters. The van der Waals surface area contributed by atoms with Gasteiger partial charge in [-0.1, -0.05) is 55.8 Å². The smallest absolute Gasteiger partial charge is 0.329 e. The number of esters is 1. The molecule has 9 nitrogen and oxygen atoms in total. The van der Waals surface area contributed by atoms with Crippen LogP contribution in [-0.4, -0.2) is 35.4 Å². The second kappa shape index (κ2) is 11.2. The average Bonchev–Trinajstić information content (AvgIpc) is 2.75. The number of ether oxygens (including phenoxy) is 1. The van der Waals surface area contributed by atoms with Gasteiger partial charge >= 0.3 is 5.97 Å². The van der Waals surface area contributed by atoms with Crippen molar-refractivity contribution in [2.75, 3.05) is 6.61 Å².